The first-order chi connectivity index (χ1) is 9.95. The van der Waals surface area contributed by atoms with E-state index in [1.54, 1.807) is 18.2 Å². The second-order valence-electron chi connectivity index (χ2n) is 4.01. The third-order valence-corrected chi connectivity index (χ3v) is 3.31. The van der Waals surface area contributed by atoms with Crippen molar-refractivity contribution in [1.29, 1.82) is 0 Å². The van der Waals surface area contributed by atoms with Gasteiger partial charge in [0.25, 0.3) is 5.69 Å². The summed E-state index contributed by atoms with van der Waals surface area (Å²) in [7, 11) is 0. The number of hydrogen-bond acceptors (Lipinski definition) is 3. The first-order valence-electron chi connectivity index (χ1n) is 5.73. The fourth-order valence-electron chi connectivity index (χ4n) is 1.57. The van der Waals surface area contributed by atoms with Gasteiger partial charge in [-0.25, -0.2) is 4.79 Å². The molecule has 2 aromatic rings. The number of nitrogens with one attached hydrogen (secondary N) is 2. The molecule has 2 amide bonds. The highest BCUT2D eigenvalue weighted by molar-refractivity contribution is 9.10. The SMILES string of the molecule is O=C(Nc1cccc(Br)c1)Nc1cc([N+](=O)[O-])ccc1Cl. The number of halogens is 2. The molecule has 0 heterocycles. The number of nitrogens with zero attached hydrogens (tertiary/aromatic N) is 1. The zero-order chi connectivity index (χ0) is 15.4. The van der Waals surface area contributed by atoms with E-state index in [1.165, 1.54) is 18.2 Å². The average Bonchev–Trinajstić information content (AvgIpc) is 2.41. The molecule has 0 bridgehead atoms. The summed E-state index contributed by atoms with van der Waals surface area (Å²) >= 11 is 9.19. The lowest BCUT2D eigenvalue weighted by molar-refractivity contribution is -0.384. The van der Waals surface area contributed by atoms with Crippen molar-refractivity contribution in [3.8, 4) is 0 Å². The van der Waals surface area contributed by atoms with Gasteiger partial charge in [0.15, 0.2) is 0 Å². The van der Waals surface area contributed by atoms with Gasteiger partial charge in [0.05, 0.1) is 15.6 Å². The van der Waals surface area contributed by atoms with Crippen LogP contribution in [0.15, 0.2) is 46.9 Å². The van der Waals surface area contributed by atoms with Crippen LogP contribution < -0.4 is 10.6 Å². The molecule has 6 nitrogen and oxygen atoms in total. The third kappa shape index (κ3) is 4.17. The molecule has 0 aliphatic heterocycles. The van der Waals surface area contributed by atoms with Gasteiger partial charge >= 0.3 is 6.03 Å². The van der Waals surface area contributed by atoms with E-state index < -0.39 is 11.0 Å². The number of nitro benzene ring substituents is 1. The molecule has 0 saturated carbocycles. The van der Waals surface area contributed by atoms with E-state index in [2.05, 4.69) is 26.6 Å². The van der Waals surface area contributed by atoms with Gasteiger partial charge < -0.3 is 10.6 Å². The Bertz CT molecular complexity index is 709. The van der Waals surface area contributed by atoms with Crippen molar-refractivity contribution in [1.82, 2.24) is 0 Å². The van der Waals surface area contributed by atoms with Crippen molar-refractivity contribution in [2.24, 2.45) is 0 Å². The van der Waals surface area contributed by atoms with Gasteiger partial charge in [-0.15, -0.1) is 0 Å². The van der Waals surface area contributed by atoms with E-state index in [0.29, 0.717) is 5.69 Å². The minimum Gasteiger partial charge on any atom is -0.308 e. The molecule has 108 valence electrons. The topological polar surface area (TPSA) is 84.3 Å². The van der Waals surface area contributed by atoms with Crippen LogP contribution in [0.3, 0.4) is 0 Å². The molecule has 0 fully saturated rings. The highest BCUT2D eigenvalue weighted by Gasteiger charge is 2.12. The van der Waals surface area contributed by atoms with Crippen molar-refractivity contribution >= 4 is 50.6 Å². The second kappa shape index (κ2) is 6.55. The molecule has 0 atom stereocenters. The van der Waals surface area contributed by atoms with Crippen LogP contribution in [0.5, 0.6) is 0 Å². The molecule has 0 saturated heterocycles. The van der Waals surface area contributed by atoms with Crippen molar-refractivity contribution < 1.29 is 9.72 Å². The lowest BCUT2D eigenvalue weighted by Crippen LogP contribution is -2.19. The number of non-ortho nitro benzene ring substituents is 1. The maximum atomic E-state index is 11.9. The molecule has 0 unspecified atom stereocenters. The monoisotopic (exact) mass is 369 g/mol. The summed E-state index contributed by atoms with van der Waals surface area (Å²) in [5, 5.41) is 16.0. The predicted octanol–water partition coefficient (Wildman–Crippen LogP) is 4.65. The maximum Gasteiger partial charge on any atom is 0.323 e. The van der Waals surface area contributed by atoms with Gasteiger partial charge in [-0.3, -0.25) is 10.1 Å². The molecule has 0 aliphatic rings. The molecule has 21 heavy (non-hydrogen) atoms. The Morgan fingerprint density at radius 3 is 2.62 bits per heavy atom. The lowest BCUT2D eigenvalue weighted by atomic mass is 10.3. The van der Waals surface area contributed by atoms with Crippen LogP contribution in [0.1, 0.15) is 0 Å². The van der Waals surface area contributed by atoms with Crippen LogP contribution in [0.25, 0.3) is 0 Å². The van der Waals surface area contributed by atoms with E-state index >= 15 is 0 Å². The number of hydrogen-bond donors (Lipinski definition) is 2. The molecular weight excluding hydrogens is 362 g/mol. The summed E-state index contributed by atoms with van der Waals surface area (Å²) in [5.41, 5.74) is 0.582. The second-order valence-corrected chi connectivity index (χ2v) is 5.33. The van der Waals surface area contributed by atoms with Crippen molar-refractivity contribution in [2.75, 3.05) is 10.6 Å². The van der Waals surface area contributed by atoms with Crippen LogP contribution in [-0.4, -0.2) is 11.0 Å². The fraction of sp³-hybridized carbons (Fsp3) is 0. The Morgan fingerprint density at radius 1 is 1.19 bits per heavy atom. The van der Waals surface area contributed by atoms with Gasteiger partial charge in [-0.2, -0.15) is 0 Å². The smallest absolute Gasteiger partial charge is 0.308 e. The van der Waals surface area contributed by atoms with E-state index in [1.807, 2.05) is 6.07 Å². The van der Waals surface area contributed by atoms with Crippen molar-refractivity contribution in [3.05, 3.63) is 62.1 Å². The number of anilines is 2. The van der Waals surface area contributed by atoms with Gasteiger partial charge in [0.1, 0.15) is 0 Å². The van der Waals surface area contributed by atoms with E-state index in [-0.39, 0.29) is 16.4 Å². The number of benzene rings is 2. The van der Waals surface area contributed by atoms with Crippen LogP contribution >= 0.6 is 27.5 Å². The first-order valence-corrected chi connectivity index (χ1v) is 6.90. The molecule has 8 heteroatoms. The molecule has 2 N–H and O–H groups in total. The highest BCUT2D eigenvalue weighted by atomic mass is 79.9. The number of amides is 2. The van der Waals surface area contributed by atoms with E-state index in [4.69, 9.17) is 11.6 Å². The molecule has 0 radical (unpaired) electrons. The number of nitro groups is 1. The number of carbonyl (C=O) groups is 1. The summed E-state index contributed by atoms with van der Waals surface area (Å²) in [4.78, 5) is 22.0. The van der Waals surface area contributed by atoms with Crippen molar-refractivity contribution in [3.63, 3.8) is 0 Å². The van der Waals surface area contributed by atoms with Crippen LogP contribution in [0.4, 0.5) is 21.9 Å². The van der Waals surface area contributed by atoms with Crippen molar-refractivity contribution in [2.45, 2.75) is 0 Å². The molecule has 2 aromatic carbocycles. The fourth-order valence-corrected chi connectivity index (χ4v) is 2.14. The number of rotatable bonds is 3. The van der Waals surface area contributed by atoms with Crippen LogP contribution in [-0.2, 0) is 0 Å². The van der Waals surface area contributed by atoms with Crippen LogP contribution in [0, 0.1) is 10.1 Å². The summed E-state index contributed by atoms with van der Waals surface area (Å²) in [6.45, 7) is 0. The largest absolute Gasteiger partial charge is 0.323 e. The van der Waals surface area contributed by atoms with E-state index in [0.717, 1.165) is 4.47 Å². The summed E-state index contributed by atoms with van der Waals surface area (Å²) in [5.74, 6) is 0. The number of carbonyl (C=O) groups excluding carboxylic acids is 1. The zero-order valence-corrected chi connectivity index (χ0v) is 12.8. The summed E-state index contributed by atoms with van der Waals surface area (Å²) in [6, 6.07) is 10.3. The van der Waals surface area contributed by atoms with Gasteiger partial charge in [-0.1, -0.05) is 33.6 Å². The van der Waals surface area contributed by atoms with E-state index in [9.17, 15) is 14.9 Å². The minimum absolute atomic E-state index is 0.155. The average molecular weight is 371 g/mol. The Labute approximate surface area is 133 Å². The zero-order valence-electron chi connectivity index (χ0n) is 10.5. The molecular formula is C13H9BrClN3O3. The van der Waals surface area contributed by atoms with Gasteiger partial charge in [-0.05, 0) is 24.3 Å². The Hall–Kier alpha value is -2.12. The summed E-state index contributed by atoms with van der Waals surface area (Å²) < 4.78 is 0.814. The standard InChI is InChI=1S/C13H9BrClN3O3/c14-8-2-1-3-9(6-8)16-13(19)17-12-7-10(18(20)21)4-5-11(12)15/h1-7H,(H2,16,17,19). The summed E-state index contributed by atoms with van der Waals surface area (Å²) in [6.07, 6.45) is 0. The van der Waals surface area contributed by atoms with Gasteiger partial charge in [0, 0.05) is 22.3 Å². The number of urea groups is 1. The molecule has 0 spiro atoms. The maximum absolute atomic E-state index is 11.9. The Balaban J connectivity index is 2.12. The highest BCUT2D eigenvalue weighted by Crippen LogP contribution is 2.27. The third-order valence-electron chi connectivity index (χ3n) is 2.49. The predicted molar refractivity (Wildman–Crippen MR) is 84.9 cm³/mol. The molecule has 2 rings (SSSR count). The minimum atomic E-state index is -0.562. The Morgan fingerprint density at radius 2 is 1.95 bits per heavy atom. The van der Waals surface area contributed by atoms with Crippen LogP contribution in [0.2, 0.25) is 5.02 Å². The quantitative estimate of drug-likeness (QED) is 0.609. The lowest BCUT2D eigenvalue weighted by Gasteiger charge is -2.09. The first kappa shape index (κ1) is 15.3. The molecule has 0 aliphatic carbocycles. The molecule has 0 aromatic heterocycles. The normalized spacial score (nSPS) is 10.0. The Kier molecular flexibility index (Phi) is 4.77. The van der Waals surface area contributed by atoms with Gasteiger partial charge in [0.2, 0.25) is 0 Å².